The molecule has 3 rings (SSSR count). The van der Waals surface area contributed by atoms with E-state index < -0.39 is 17.7 Å². The molecule has 2 N–H and O–H groups in total. The van der Waals surface area contributed by atoms with E-state index in [0.717, 1.165) is 17.5 Å². The molecule has 0 radical (unpaired) electrons. The summed E-state index contributed by atoms with van der Waals surface area (Å²) < 4.78 is 5.25. The van der Waals surface area contributed by atoms with E-state index in [2.05, 4.69) is 6.92 Å². The normalized spacial score (nSPS) is 18.1. The van der Waals surface area contributed by atoms with Crippen molar-refractivity contribution in [1.29, 1.82) is 0 Å². The minimum Gasteiger partial charge on any atom is -0.507 e. The number of aryl methyl sites for hydroxylation is 2. The van der Waals surface area contributed by atoms with Gasteiger partial charge in [0.05, 0.1) is 45.9 Å². The van der Waals surface area contributed by atoms with Gasteiger partial charge in [0.15, 0.2) is 0 Å². The molecule has 1 atom stereocenters. The van der Waals surface area contributed by atoms with Gasteiger partial charge in [-0.05, 0) is 48.2 Å². The van der Waals surface area contributed by atoms with Crippen LogP contribution in [0.5, 0.6) is 5.75 Å². The number of likely N-dealkylation sites (N-methyl/N-ethyl adjacent to an activating group) is 1. The van der Waals surface area contributed by atoms with Crippen LogP contribution in [-0.4, -0.2) is 56.0 Å². The van der Waals surface area contributed by atoms with Crippen molar-refractivity contribution < 1.29 is 24.3 Å². The molecule has 2 aromatic carbocycles. The van der Waals surface area contributed by atoms with E-state index in [1.165, 1.54) is 10.5 Å². The Morgan fingerprint density at radius 3 is 2.35 bits per heavy atom. The van der Waals surface area contributed by atoms with Gasteiger partial charge in [0.1, 0.15) is 11.5 Å². The Labute approximate surface area is 183 Å². The second-order valence-electron chi connectivity index (χ2n) is 8.23. The zero-order chi connectivity index (χ0) is 22.7. The van der Waals surface area contributed by atoms with Crippen LogP contribution in [0.1, 0.15) is 35.2 Å². The quantitative estimate of drug-likeness (QED) is 0.407. The number of aliphatic hydroxyl groups is 1. The Morgan fingerprint density at radius 1 is 1.13 bits per heavy atom. The fourth-order valence-corrected chi connectivity index (χ4v) is 3.91. The third-order valence-electron chi connectivity index (χ3n) is 5.79. The summed E-state index contributed by atoms with van der Waals surface area (Å²) in [6, 6.07) is 12.5. The number of benzene rings is 2. The van der Waals surface area contributed by atoms with E-state index in [4.69, 9.17) is 4.74 Å². The number of hydrogen-bond donors (Lipinski definition) is 2. The lowest BCUT2D eigenvalue weighted by Crippen LogP contribution is -3.06. The topological polar surface area (TPSA) is 71.3 Å². The SMILES string of the molecule is CCc1ccc([C@@H]2/C(=C(\O)c3ccc(OC)cc3C)C(=O)C(=O)N2CC[NH+](C)C)cc1. The van der Waals surface area contributed by atoms with Gasteiger partial charge in [-0.1, -0.05) is 31.2 Å². The molecule has 164 valence electrons. The maximum absolute atomic E-state index is 13.1. The highest BCUT2D eigenvalue weighted by Crippen LogP contribution is 2.40. The monoisotopic (exact) mass is 423 g/mol. The van der Waals surface area contributed by atoms with E-state index in [9.17, 15) is 14.7 Å². The number of carbonyl (C=O) groups excluding carboxylic acids is 2. The highest BCUT2D eigenvalue weighted by molar-refractivity contribution is 6.46. The number of hydrogen-bond acceptors (Lipinski definition) is 4. The second-order valence-corrected chi connectivity index (χ2v) is 8.23. The Bertz CT molecular complexity index is 1010. The number of ketones is 1. The van der Waals surface area contributed by atoms with Crippen LogP contribution < -0.4 is 9.64 Å². The molecule has 1 aliphatic rings. The summed E-state index contributed by atoms with van der Waals surface area (Å²) in [7, 11) is 5.58. The lowest BCUT2D eigenvalue weighted by molar-refractivity contribution is -0.857. The minimum atomic E-state index is -0.647. The Balaban J connectivity index is 2.15. The first-order valence-electron chi connectivity index (χ1n) is 10.6. The predicted octanol–water partition coefficient (Wildman–Crippen LogP) is 2.13. The molecule has 0 saturated carbocycles. The Morgan fingerprint density at radius 2 is 1.81 bits per heavy atom. The van der Waals surface area contributed by atoms with E-state index >= 15 is 0 Å². The lowest BCUT2D eigenvalue weighted by atomic mass is 9.93. The van der Waals surface area contributed by atoms with Gasteiger partial charge >= 0.3 is 0 Å². The van der Waals surface area contributed by atoms with Crippen LogP contribution in [0.2, 0.25) is 0 Å². The first kappa shape index (κ1) is 22.6. The molecule has 0 spiro atoms. The zero-order valence-corrected chi connectivity index (χ0v) is 18.9. The number of Topliss-reactive ketones (excluding diaryl/α,β-unsaturated/α-hetero) is 1. The molecule has 31 heavy (non-hydrogen) atoms. The smallest absolute Gasteiger partial charge is 0.295 e. The summed E-state index contributed by atoms with van der Waals surface area (Å²) in [5, 5.41) is 11.2. The van der Waals surface area contributed by atoms with Crippen molar-refractivity contribution in [3.8, 4) is 5.75 Å². The van der Waals surface area contributed by atoms with Crippen LogP contribution in [0.4, 0.5) is 0 Å². The number of rotatable bonds is 7. The number of likely N-dealkylation sites (tertiary alicyclic amines) is 1. The van der Waals surface area contributed by atoms with Crippen molar-refractivity contribution >= 4 is 17.4 Å². The van der Waals surface area contributed by atoms with Gasteiger partial charge in [-0.25, -0.2) is 0 Å². The fraction of sp³-hybridized carbons (Fsp3) is 0.360. The van der Waals surface area contributed by atoms with Crippen molar-refractivity contribution in [1.82, 2.24) is 4.90 Å². The summed E-state index contributed by atoms with van der Waals surface area (Å²) in [6.45, 7) is 5.03. The average Bonchev–Trinajstić information content (AvgIpc) is 3.01. The Kier molecular flexibility index (Phi) is 6.81. The van der Waals surface area contributed by atoms with Gasteiger partial charge in [0, 0.05) is 5.56 Å². The molecule has 1 aliphatic heterocycles. The van der Waals surface area contributed by atoms with E-state index in [0.29, 0.717) is 24.4 Å². The molecule has 0 aromatic heterocycles. The zero-order valence-electron chi connectivity index (χ0n) is 18.9. The summed E-state index contributed by atoms with van der Waals surface area (Å²) >= 11 is 0. The summed E-state index contributed by atoms with van der Waals surface area (Å²) in [5.74, 6) is -0.706. The largest absolute Gasteiger partial charge is 0.507 e. The van der Waals surface area contributed by atoms with Crippen molar-refractivity contribution in [2.75, 3.05) is 34.3 Å². The van der Waals surface area contributed by atoms with Crippen molar-refractivity contribution in [2.45, 2.75) is 26.3 Å². The second kappa shape index (κ2) is 9.35. The van der Waals surface area contributed by atoms with Crippen molar-refractivity contribution in [2.24, 2.45) is 0 Å². The van der Waals surface area contributed by atoms with Gasteiger partial charge in [-0.3, -0.25) is 9.59 Å². The van der Waals surface area contributed by atoms with Crippen molar-refractivity contribution in [3.63, 3.8) is 0 Å². The van der Waals surface area contributed by atoms with Crippen LogP contribution in [0.25, 0.3) is 5.76 Å². The number of aliphatic hydroxyl groups excluding tert-OH is 1. The standard InChI is InChI=1S/C25H30N2O4/c1-6-17-7-9-18(10-8-17)22-21(24(29)25(30)27(22)14-13-26(3)4)23(28)20-12-11-19(31-5)15-16(20)2/h7-12,15,22,28H,6,13-14H2,1-5H3/p+1/b23-21+/t22-/m1/s1. The summed E-state index contributed by atoms with van der Waals surface area (Å²) in [6.07, 6.45) is 0.898. The number of methoxy groups -OCH3 is 1. The van der Waals surface area contributed by atoms with Crippen LogP contribution in [0, 0.1) is 6.92 Å². The molecule has 1 saturated heterocycles. The Hall–Kier alpha value is -3.12. The number of nitrogens with one attached hydrogen (secondary N) is 1. The molecular weight excluding hydrogens is 392 g/mol. The lowest BCUT2D eigenvalue weighted by Gasteiger charge is -2.26. The fourth-order valence-electron chi connectivity index (χ4n) is 3.91. The third-order valence-corrected chi connectivity index (χ3v) is 5.79. The molecule has 0 aliphatic carbocycles. The van der Waals surface area contributed by atoms with Gasteiger partial charge in [-0.15, -0.1) is 0 Å². The van der Waals surface area contributed by atoms with Gasteiger partial charge in [0.25, 0.3) is 11.7 Å². The number of ether oxygens (including phenoxy) is 1. The van der Waals surface area contributed by atoms with Crippen LogP contribution in [-0.2, 0) is 16.0 Å². The predicted molar refractivity (Wildman–Crippen MR) is 120 cm³/mol. The molecular formula is C25H31N2O4+. The van der Waals surface area contributed by atoms with Crippen LogP contribution >= 0.6 is 0 Å². The number of quaternary nitrogens is 1. The summed E-state index contributed by atoms with van der Waals surface area (Å²) in [5.41, 5.74) is 3.41. The molecule has 0 unspecified atom stereocenters. The van der Waals surface area contributed by atoms with Crippen molar-refractivity contribution in [3.05, 3.63) is 70.3 Å². The minimum absolute atomic E-state index is 0.135. The molecule has 2 aromatic rings. The van der Waals surface area contributed by atoms with Gasteiger partial charge in [-0.2, -0.15) is 0 Å². The maximum atomic E-state index is 13.1. The third kappa shape index (κ3) is 4.49. The molecule has 1 fully saturated rings. The highest BCUT2D eigenvalue weighted by atomic mass is 16.5. The molecule has 1 amide bonds. The van der Waals surface area contributed by atoms with E-state index in [1.807, 2.05) is 45.3 Å². The first-order chi connectivity index (χ1) is 14.8. The molecule has 6 nitrogen and oxygen atoms in total. The van der Waals surface area contributed by atoms with Gasteiger partial charge in [0.2, 0.25) is 0 Å². The molecule has 0 bridgehead atoms. The maximum Gasteiger partial charge on any atom is 0.295 e. The van der Waals surface area contributed by atoms with Gasteiger partial charge < -0.3 is 19.6 Å². The number of carbonyl (C=O) groups is 2. The first-order valence-corrected chi connectivity index (χ1v) is 10.6. The van der Waals surface area contributed by atoms with Crippen LogP contribution in [0.3, 0.4) is 0 Å². The summed E-state index contributed by atoms with van der Waals surface area (Å²) in [4.78, 5) is 28.8. The number of nitrogens with zero attached hydrogens (tertiary/aromatic N) is 1. The number of amides is 1. The van der Waals surface area contributed by atoms with E-state index in [1.54, 1.807) is 30.2 Å². The molecule has 1 heterocycles. The molecule has 6 heteroatoms. The van der Waals surface area contributed by atoms with E-state index in [-0.39, 0.29) is 11.3 Å². The van der Waals surface area contributed by atoms with Crippen LogP contribution in [0.15, 0.2) is 48.0 Å². The highest BCUT2D eigenvalue weighted by Gasteiger charge is 2.46. The average molecular weight is 424 g/mol.